The Morgan fingerprint density at radius 2 is 2.17 bits per heavy atom. The molecule has 1 amide bonds. The van der Waals surface area contributed by atoms with Gasteiger partial charge in [-0.3, -0.25) is 9.78 Å². The molecule has 0 aliphatic heterocycles. The third-order valence-electron chi connectivity index (χ3n) is 2.28. The largest absolute Gasteiger partial charge is 0.398 e. The van der Waals surface area contributed by atoms with Gasteiger partial charge in [-0.25, -0.2) is 0 Å². The first-order valence-corrected chi connectivity index (χ1v) is 6.91. The quantitative estimate of drug-likeness (QED) is 0.736. The van der Waals surface area contributed by atoms with Crippen molar-refractivity contribution in [2.45, 2.75) is 0 Å². The van der Waals surface area contributed by atoms with E-state index in [-0.39, 0.29) is 5.91 Å². The Bertz CT molecular complexity index is 604. The van der Waals surface area contributed by atoms with Crippen LogP contribution >= 0.6 is 38.5 Å². The van der Waals surface area contributed by atoms with Gasteiger partial charge in [0.15, 0.2) is 0 Å². The number of amides is 1. The highest BCUT2D eigenvalue weighted by Gasteiger charge is 2.11. The minimum Gasteiger partial charge on any atom is -0.398 e. The predicted octanol–water partition coefficient (Wildman–Crippen LogP) is 3.28. The number of anilines is 2. The molecule has 1 aromatic heterocycles. The molecule has 18 heavy (non-hydrogen) atoms. The van der Waals surface area contributed by atoms with Crippen LogP contribution in [0, 0.1) is 3.57 Å². The minimum absolute atomic E-state index is 0.275. The van der Waals surface area contributed by atoms with Crippen LogP contribution < -0.4 is 11.1 Å². The van der Waals surface area contributed by atoms with Crippen LogP contribution in [0.2, 0.25) is 0 Å². The molecule has 1 heterocycles. The van der Waals surface area contributed by atoms with E-state index >= 15 is 0 Å². The Labute approximate surface area is 126 Å². The lowest BCUT2D eigenvalue weighted by molar-refractivity contribution is 0.102. The van der Waals surface area contributed by atoms with Crippen molar-refractivity contribution in [2.75, 3.05) is 11.1 Å². The lowest BCUT2D eigenvalue weighted by atomic mass is 10.2. The number of hydrogen-bond donors (Lipinski definition) is 2. The van der Waals surface area contributed by atoms with E-state index in [4.69, 9.17) is 5.73 Å². The van der Waals surface area contributed by atoms with Gasteiger partial charge in [0, 0.05) is 26.1 Å². The lowest BCUT2D eigenvalue weighted by Crippen LogP contribution is -2.14. The number of nitrogens with zero attached hydrogens (tertiary/aromatic N) is 1. The van der Waals surface area contributed by atoms with Crippen molar-refractivity contribution in [3.8, 4) is 0 Å². The van der Waals surface area contributed by atoms with Crippen LogP contribution in [0.25, 0.3) is 0 Å². The van der Waals surface area contributed by atoms with E-state index in [0.29, 0.717) is 16.9 Å². The summed E-state index contributed by atoms with van der Waals surface area (Å²) in [4.78, 5) is 15.9. The molecule has 1 aromatic carbocycles. The van der Waals surface area contributed by atoms with Gasteiger partial charge in [-0.05, 0) is 62.8 Å². The van der Waals surface area contributed by atoms with Crippen molar-refractivity contribution in [2.24, 2.45) is 0 Å². The maximum absolute atomic E-state index is 12.0. The summed E-state index contributed by atoms with van der Waals surface area (Å²) in [5.74, 6) is -0.275. The molecule has 92 valence electrons. The van der Waals surface area contributed by atoms with E-state index in [1.54, 1.807) is 12.3 Å². The molecule has 0 radical (unpaired) electrons. The van der Waals surface area contributed by atoms with Gasteiger partial charge < -0.3 is 11.1 Å². The highest BCUT2D eigenvalue weighted by molar-refractivity contribution is 14.1. The topological polar surface area (TPSA) is 68.0 Å². The number of pyridine rings is 1. The molecule has 0 bridgehead atoms. The van der Waals surface area contributed by atoms with Crippen molar-refractivity contribution >= 4 is 55.8 Å². The Kier molecular flexibility index (Phi) is 4.18. The number of halogens is 2. The zero-order chi connectivity index (χ0) is 13.1. The second-order valence-corrected chi connectivity index (χ2v) is 5.64. The maximum atomic E-state index is 12.0. The number of nitrogens with two attached hydrogens (primary N) is 1. The molecule has 0 spiro atoms. The number of aromatic nitrogens is 1. The van der Waals surface area contributed by atoms with E-state index in [2.05, 4.69) is 48.8 Å². The molecule has 0 fully saturated rings. The summed E-state index contributed by atoms with van der Waals surface area (Å²) in [6.45, 7) is 0. The van der Waals surface area contributed by atoms with E-state index < -0.39 is 0 Å². The lowest BCUT2D eigenvalue weighted by Gasteiger charge is -2.08. The molecule has 2 rings (SSSR count). The van der Waals surface area contributed by atoms with Gasteiger partial charge in [0.1, 0.15) is 0 Å². The summed E-state index contributed by atoms with van der Waals surface area (Å²) in [5, 5.41) is 2.79. The van der Waals surface area contributed by atoms with Gasteiger partial charge in [-0.1, -0.05) is 0 Å². The van der Waals surface area contributed by atoms with Gasteiger partial charge in [-0.2, -0.15) is 0 Å². The average Bonchev–Trinajstić information content (AvgIpc) is 2.33. The standard InChI is InChI=1S/C12H9BrIN3O/c13-9-5-7(14)1-2-11(9)17-12(18)8-6-16-4-3-10(8)15/h1-6H,(H2,15,16)(H,17,18). The fourth-order valence-electron chi connectivity index (χ4n) is 1.38. The van der Waals surface area contributed by atoms with Gasteiger partial charge in [-0.15, -0.1) is 0 Å². The van der Waals surface area contributed by atoms with Crippen LogP contribution in [0.5, 0.6) is 0 Å². The average molecular weight is 418 g/mol. The third kappa shape index (κ3) is 2.99. The molecule has 0 atom stereocenters. The van der Waals surface area contributed by atoms with Crippen LogP contribution in [-0.2, 0) is 0 Å². The molecule has 0 saturated heterocycles. The molecule has 0 aliphatic carbocycles. The fourth-order valence-corrected chi connectivity index (χ4v) is 2.77. The van der Waals surface area contributed by atoms with Crippen molar-refractivity contribution < 1.29 is 4.79 Å². The number of hydrogen-bond acceptors (Lipinski definition) is 3. The summed E-state index contributed by atoms with van der Waals surface area (Å²) in [5.41, 5.74) is 7.19. The summed E-state index contributed by atoms with van der Waals surface area (Å²) in [7, 11) is 0. The van der Waals surface area contributed by atoms with E-state index in [9.17, 15) is 4.79 Å². The summed E-state index contributed by atoms with van der Waals surface area (Å²) in [6, 6.07) is 7.25. The van der Waals surface area contributed by atoms with Gasteiger partial charge in [0.2, 0.25) is 0 Å². The normalized spacial score (nSPS) is 10.1. The number of nitrogens with one attached hydrogen (secondary N) is 1. The third-order valence-corrected chi connectivity index (χ3v) is 3.61. The number of carbonyl (C=O) groups excluding carboxylic acids is 1. The zero-order valence-electron chi connectivity index (χ0n) is 9.15. The van der Waals surface area contributed by atoms with Crippen molar-refractivity contribution in [1.29, 1.82) is 0 Å². The zero-order valence-corrected chi connectivity index (χ0v) is 12.9. The second kappa shape index (κ2) is 5.66. The molecule has 0 aliphatic rings. The summed E-state index contributed by atoms with van der Waals surface area (Å²) >= 11 is 5.60. The van der Waals surface area contributed by atoms with E-state index in [1.165, 1.54) is 6.20 Å². The molecular formula is C12H9BrIN3O. The molecule has 0 unspecified atom stereocenters. The Hall–Kier alpha value is -1.15. The first kappa shape index (κ1) is 13.3. The van der Waals surface area contributed by atoms with E-state index in [0.717, 1.165) is 8.04 Å². The SMILES string of the molecule is Nc1ccncc1C(=O)Nc1ccc(I)cc1Br. The maximum Gasteiger partial charge on any atom is 0.259 e. The van der Waals surface area contributed by atoms with Crippen molar-refractivity contribution in [3.05, 3.63) is 50.3 Å². The first-order chi connectivity index (χ1) is 8.58. The van der Waals surface area contributed by atoms with Gasteiger partial charge in [0.25, 0.3) is 5.91 Å². The molecule has 6 heteroatoms. The highest BCUT2D eigenvalue weighted by atomic mass is 127. The van der Waals surface area contributed by atoms with Crippen LogP contribution in [0.3, 0.4) is 0 Å². The Balaban J connectivity index is 2.24. The van der Waals surface area contributed by atoms with Gasteiger partial charge in [0.05, 0.1) is 11.3 Å². The fraction of sp³-hybridized carbons (Fsp3) is 0. The molecule has 0 saturated carbocycles. The van der Waals surface area contributed by atoms with Gasteiger partial charge >= 0.3 is 0 Å². The second-order valence-electron chi connectivity index (χ2n) is 3.54. The van der Waals surface area contributed by atoms with E-state index in [1.807, 2.05) is 18.2 Å². The van der Waals surface area contributed by atoms with Crippen molar-refractivity contribution in [3.63, 3.8) is 0 Å². The minimum atomic E-state index is -0.275. The van der Waals surface area contributed by atoms with Crippen LogP contribution in [0.15, 0.2) is 41.1 Å². The first-order valence-electron chi connectivity index (χ1n) is 5.04. The molecular weight excluding hydrogens is 409 g/mol. The smallest absolute Gasteiger partial charge is 0.259 e. The summed E-state index contributed by atoms with van der Waals surface area (Å²) in [6.07, 6.45) is 3.00. The number of carbonyl (C=O) groups is 1. The van der Waals surface area contributed by atoms with Crippen molar-refractivity contribution in [1.82, 2.24) is 4.98 Å². The molecule has 4 nitrogen and oxygen atoms in total. The summed E-state index contributed by atoms with van der Waals surface area (Å²) < 4.78 is 1.91. The molecule has 3 N–H and O–H groups in total. The highest BCUT2D eigenvalue weighted by Crippen LogP contribution is 2.25. The predicted molar refractivity (Wildman–Crippen MR) is 83.5 cm³/mol. The Morgan fingerprint density at radius 3 is 2.83 bits per heavy atom. The Morgan fingerprint density at radius 1 is 1.39 bits per heavy atom. The van der Waals surface area contributed by atoms with Crippen LogP contribution in [0.4, 0.5) is 11.4 Å². The van der Waals surface area contributed by atoms with Crippen LogP contribution in [0.1, 0.15) is 10.4 Å². The number of benzene rings is 1. The number of nitrogen functional groups attached to an aromatic ring is 1. The van der Waals surface area contributed by atoms with Crippen LogP contribution in [-0.4, -0.2) is 10.9 Å². The molecule has 2 aromatic rings. The number of rotatable bonds is 2. The monoisotopic (exact) mass is 417 g/mol.